The maximum atomic E-state index is 12.2. The first-order chi connectivity index (χ1) is 18.1. The predicted molar refractivity (Wildman–Crippen MR) is 146 cm³/mol. The molecule has 9 heteroatoms. The van der Waals surface area contributed by atoms with Crippen molar-refractivity contribution in [2.45, 2.75) is 69.5 Å². The van der Waals surface area contributed by atoms with E-state index in [1.54, 1.807) is 6.08 Å². The Labute approximate surface area is 224 Å². The van der Waals surface area contributed by atoms with Crippen LogP contribution in [0.4, 0.5) is 13.2 Å². The maximum Gasteiger partial charge on any atom is 0.573 e. The number of rotatable bonds is 17. The summed E-state index contributed by atoms with van der Waals surface area (Å²) < 4.78 is 66.6. The molecule has 0 aliphatic carbocycles. The fourth-order valence-corrected chi connectivity index (χ4v) is 3.95. The molecule has 1 N–H and O–H groups in total. The van der Waals surface area contributed by atoms with E-state index in [-0.39, 0.29) is 11.3 Å². The molecule has 0 fully saturated rings. The van der Waals surface area contributed by atoms with Crippen molar-refractivity contribution in [1.29, 1.82) is 0 Å². The molecule has 0 radical (unpaired) electrons. The van der Waals surface area contributed by atoms with E-state index < -0.39 is 28.0 Å². The standard InChI is InChI=1S/C29H36F3NO4S/c1-2-3-4-5-6-7-8-9-10-11-12-13-14-15-16-17-18-19-20-21-28(34)33-38(35,36)27-24-22-26(23-25-27)37-29(30,31)32/h3-4,6-7,9-10,12-13,15-16,18-19,22-25H,2,5,8,11,14,17,20-21H2,1H3,(H,33,34)/b4-3-,7-6-,10-9-,13-12-,16-15-,19-18-. The third kappa shape index (κ3) is 17.2. The number of allylic oxidation sites excluding steroid dienone is 12. The van der Waals surface area contributed by atoms with Crippen LogP contribution in [0, 0.1) is 0 Å². The van der Waals surface area contributed by atoms with Crippen molar-refractivity contribution in [2.24, 2.45) is 0 Å². The van der Waals surface area contributed by atoms with Crippen molar-refractivity contribution >= 4 is 15.9 Å². The minimum atomic E-state index is -4.88. The van der Waals surface area contributed by atoms with Crippen molar-refractivity contribution < 1.29 is 31.1 Å². The topological polar surface area (TPSA) is 72.5 Å². The highest BCUT2D eigenvalue weighted by Gasteiger charge is 2.31. The third-order valence-electron chi connectivity index (χ3n) is 4.75. The molecule has 0 saturated carbocycles. The van der Waals surface area contributed by atoms with Crippen molar-refractivity contribution in [3.05, 3.63) is 97.2 Å². The minimum Gasteiger partial charge on any atom is -0.406 e. The molecule has 0 unspecified atom stereocenters. The van der Waals surface area contributed by atoms with E-state index in [2.05, 4.69) is 60.3 Å². The Balaban J connectivity index is 2.20. The monoisotopic (exact) mass is 551 g/mol. The normalized spacial score (nSPS) is 13.3. The lowest BCUT2D eigenvalue weighted by Gasteiger charge is -2.10. The van der Waals surface area contributed by atoms with Crippen LogP contribution in [-0.2, 0) is 14.8 Å². The number of alkyl halides is 3. The van der Waals surface area contributed by atoms with Gasteiger partial charge in [0.15, 0.2) is 0 Å². The minimum absolute atomic E-state index is 0.0450. The molecule has 208 valence electrons. The molecule has 0 saturated heterocycles. The smallest absolute Gasteiger partial charge is 0.406 e. The van der Waals surface area contributed by atoms with Gasteiger partial charge in [0.1, 0.15) is 5.75 Å². The molecule has 0 aliphatic rings. The number of carbonyl (C=O) groups is 1. The largest absolute Gasteiger partial charge is 0.573 e. The maximum absolute atomic E-state index is 12.2. The third-order valence-corrected chi connectivity index (χ3v) is 6.14. The summed E-state index contributed by atoms with van der Waals surface area (Å²) in [5.41, 5.74) is 0. The van der Waals surface area contributed by atoms with E-state index >= 15 is 0 Å². The van der Waals surface area contributed by atoms with Gasteiger partial charge in [-0.1, -0.05) is 79.8 Å². The fraction of sp³-hybridized carbons (Fsp3) is 0.345. The summed E-state index contributed by atoms with van der Waals surface area (Å²) in [5, 5.41) is 0. The summed E-state index contributed by atoms with van der Waals surface area (Å²) in [6.07, 6.45) is 25.7. The second kappa shape index (κ2) is 18.8. The molecule has 5 nitrogen and oxygen atoms in total. The van der Waals surface area contributed by atoms with Gasteiger partial charge in [-0.25, -0.2) is 13.1 Å². The SMILES string of the molecule is CC/C=C\C/C=C\C/C=C\C/C=C\C/C=C\C/C=C\CCC(=O)NS(=O)(=O)c1ccc(OC(F)(F)F)cc1. The van der Waals surface area contributed by atoms with Crippen LogP contribution in [0.25, 0.3) is 0 Å². The molecule has 38 heavy (non-hydrogen) atoms. The number of hydrogen-bond donors (Lipinski definition) is 1. The number of ether oxygens (including phenoxy) is 1. The molecule has 0 aromatic heterocycles. The lowest BCUT2D eigenvalue weighted by molar-refractivity contribution is -0.274. The highest BCUT2D eigenvalue weighted by Crippen LogP contribution is 2.23. The molecule has 1 aromatic rings. The van der Waals surface area contributed by atoms with Gasteiger partial charge in [-0.15, -0.1) is 13.2 Å². The molecule has 0 spiro atoms. The van der Waals surface area contributed by atoms with E-state index in [0.29, 0.717) is 12.8 Å². The molecule has 0 bridgehead atoms. The van der Waals surface area contributed by atoms with Crippen LogP contribution < -0.4 is 9.46 Å². The number of amides is 1. The van der Waals surface area contributed by atoms with E-state index in [0.717, 1.165) is 56.4 Å². The Bertz CT molecular complexity index is 1100. The van der Waals surface area contributed by atoms with Crippen LogP contribution in [0.3, 0.4) is 0 Å². The van der Waals surface area contributed by atoms with E-state index in [9.17, 15) is 26.4 Å². The van der Waals surface area contributed by atoms with Crippen molar-refractivity contribution in [1.82, 2.24) is 4.72 Å². The quantitative estimate of drug-likeness (QED) is 0.200. The molecular weight excluding hydrogens is 515 g/mol. The Morgan fingerprint density at radius 1 is 0.763 bits per heavy atom. The molecule has 1 aromatic carbocycles. The van der Waals surface area contributed by atoms with E-state index in [1.165, 1.54) is 0 Å². The first-order valence-corrected chi connectivity index (χ1v) is 13.9. The van der Waals surface area contributed by atoms with Gasteiger partial charge in [0, 0.05) is 6.42 Å². The van der Waals surface area contributed by atoms with Gasteiger partial charge >= 0.3 is 6.36 Å². The lowest BCUT2D eigenvalue weighted by Crippen LogP contribution is -2.30. The van der Waals surface area contributed by atoms with Crippen LogP contribution in [0.2, 0.25) is 0 Å². The van der Waals surface area contributed by atoms with Crippen LogP contribution in [0.1, 0.15) is 58.3 Å². The first kappa shape index (κ1) is 32.7. The highest BCUT2D eigenvalue weighted by atomic mass is 32.2. The van der Waals surface area contributed by atoms with Gasteiger partial charge in [0.05, 0.1) is 4.90 Å². The predicted octanol–water partition coefficient (Wildman–Crippen LogP) is 7.87. The number of nitrogens with one attached hydrogen (secondary N) is 1. The zero-order chi connectivity index (χ0) is 28.1. The van der Waals surface area contributed by atoms with Gasteiger partial charge in [-0.2, -0.15) is 0 Å². The first-order valence-electron chi connectivity index (χ1n) is 12.5. The number of halogens is 3. The van der Waals surface area contributed by atoms with Gasteiger partial charge in [-0.05, 0) is 69.2 Å². The fourth-order valence-electron chi connectivity index (χ4n) is 2.93. The van der Waals surface area contributed by atoms with Gasteiger partial charge < -0.3 is 4.74 Å². The highest BCUT2D eigenvalue weighted by molar-refractivity contribution is 7.90. The summed E-state index contributed by atoms with van der Waals surface area (Å²) in [6.45, 7) is 2.12. The van der Waals surface area contributed by atoms with Gasteiger partial charge in [-0.3, -0.25) is 4.79 Å². The van der Waals surface area contributed by atoms with Crippen molar-refractivity contribution in [2.75, 3.05) is 0 Å². The zero-order valence-electron chi connectivity index (χ0n) is 21.6. The average molecular weight is 552 g/mol. The summed E-state index contributed by atoms with van der Waals surface area (Å²) in [4.78, 5) is 11.6. The Kier molecular flexibility index (Phi) is 16.2. The summed E-state index contributed by atoms with van der Waals surface area (Å²) in [5.74, 6) is -1.26. The summed E-state index contributed by atoms with van der Waals surface area (Å²) in [6, 6.07) is 3.59. The molecule has 1 rings (SSSR count). The number of benzene rings is 1. The molecule has 0 atom stereocenters. The van der Waals surface area contributed by atoms with E-state index in [1.807, 2.05) is 23.0 Å². The molecule has 1 amide bonds. The van der Waals surface area contributed by atoms with Gasteiger partial charge in [0.2, 0.25) is 5.91 Å². The number of carbonyl (C=O) groups excluding carboxylic acids is 1. The Morgan fingerprint density at radius 3 is 1.61 bits per heavy atom. The van der Waals surface area contributed by atoms with Crippen LogP contribution in [-0.4, -0.2) is 20.7 Å². The second-order valence-electron chi connectivity index (χ2n) is 8.00. The molecular formula is C29H36F3NO4S. The van der Waals surface area contributed by atoms with Crippen LogP contribution in [0.15, 0.2) is 102 Å². The molecule has 0 heterocycles. The molecule has 0 aliphatic heterocycles. The van der Waals surface area contributed by atoms with Crippen LogP contribution in [0.5, 0.6) is 5.75 Å². The number of sulfonamides is 1. The van der Waals surface area contributed by atoms with Crippen molar-refractivity contribution in [3.63, 3.8) is 0 Å². The average Bonchev–Trinajstić information content (AvgIpc) is 2.84. The zero-order valence-corrected chi connectivity index (χ0v) is 22.4. The lowest BCUT2D eigenvalue weighted by atomic mass is 10.2. The summed E-state index contributed by atoms with van der Waals surface area (Å²) in [7, 11) is -4.18. The van der Waals surface area contributed by atoms with Gasteiger partial charge in [0.25, 0.3) is 10.0 Å². The Morgan fingerprint density at radius 2 is 1.18 bits per heavy atom. The van der Waals surface area contributed by atoms with E-state index in [4.69, 9.17) is 0 Å². The Hall–Kier alpha value is -3.33. The second-order valence-corrected chi connectivity index (χ2v) is 9.68. The van der Waals surface area contributed by atoms with Crippen LogP contribution >= 0.6 is 0 Å². The van der Waals surface area contributed by atoms with Crippen molar-refractivity contribution in [3.8, 4) is 5.75 Å². The summed E-state index contributed by atoms with van der Waals surface area (Å²) >= 11 is 0. The number of hydrogen-bond acceptors (Lipinski definition) is 4.